The third-order valence-corrected chi connectivity index (χ3v) is 3.11. The number of anilines is 2. The molecular formula is C13H14N4. The summed E-state index contributed by atoms with van der Waals surface area (Å²) in [6, 6.07) is 10.4. The topological polar surface area (TPSA) is 55.0 Å². The molecule has 4 heteroatoms. The molecule has 0 bridgehead atoms. The van der Waals surface area contributed by atoms with E-state index in [4.69, 9.17) is 5.73 Å². The molecule has 0 aliphatic carbocycles. The van der Waals surface area contributed by atoms with Crippen LogP contribution in [-0.2, 0) is 13.0 Å². The molecule has 0 radical (unpaired) electrons. The fraction of sp³-hybridized carbons (Fsp3) is 0.231. The number of rotatable bonds is 1. The zero-order valence-electron chi connectivity index (χ0n) is 9.50. The van der Waals surface area contributed by atoms with Crippen LogP contribution in [-0.4, -0.2) is 16.5 Å². The summed E-state index contributed by atoms with van der Waals surface area (Å²) in [5.41, 5.74) is 8.42. The van der Waals surface area contributed by atoms with E-state index in [1.165, 1.54) is 11.1 Å². The Kier molecular flexibility index (Phi) is 2.40. The van der Waals surface area contributed by atoms with E-state index in [2.05, 4.69) is 39.1 Å². The van der Waals surface area contributed by atoms with Gasteiger partial charge in [0, 0.05) is 19.3 Å². The highest BCUT2D eigenvalue weighted by Gasteiger charge is 2.16. The van der Waals surface area contributed by atoms with Gasteiger partial charge in [0.1, 0.15) is 5.82 Å². The number of benzene rings is 1. The number of nitrogens with zero attached hydrogens (tertiary/aromatic N) is 3. The molecule has 0 saturated heterocycles. The Labute approximate surface area is 100 Å². The Morgan fingerprint density at radius 1 is 1.12 bits per heavy atom. The molecule has 4 nitrogen and oxygen atoms in total. The Balaban J connectivity index is 1.89. The normalized spacial score (nSPS) is 14.5. The Hall–Kier alpha value is -2.10. The summed E-state index contributed by atoms with van der Waals surface area (Å²) in [5.74, 6) is 1.24. The Morgan fingerprint density at radius 2 is 1.94 bits per heavy atom. The van der Waals surface area contributed by atoms with Gasteiger partial charge in [0.25, 0.3) is 0 Å². The van der Waals surface area contributed by atoms with E-state index in [0.29, 0.717) is 5.95 Å². The quantitative estimate of drug-likeness (QED) is 0.802. The summed E-state index contributed by atoms with van der Waals surface area (Å²) >= 11 is 0. The predicted molar refractivity (Wildman–Crippen MR) is 67.6 cm³/mol. The molecule has 0 amide bonds. The Bertz CT molecular complexity index is 538. The van der Waals surface area contributed by atoms with E-state index in [0.717, 1.165) is 25.3 Å². The van der Waals surface area contributed by atoms with Crippen molar-refractivity contribution < 1.29 is 0 Å². The first-order valence-electron chi connectivity index (χ1n) is 5.73. The Morgan fingerprint density at radius 3 is 2.76 bits per heavy atom. The second kappa shape index (κ2) is 4.05. The van der Waals surface area contributed by atoms with E-state index >= 15 is 0 Å². The first-order chi connectivity index (χ1) is 8.33. The van der Waals surface area contributed by atoms with Crippen molar-refractivity contribution in [2.45, 2.75) is 13.0 Å². The average molecular weight is 226 g/mol. The van der Waals surface area contributed by atoms with Crippen LogP contribution in [0.4, 0.5) is 11.8 Å². The molecule has 2 aromatic rings. The van der Waals surface area contributed by atoms with Crippen LogP contribution >= 0.6 is 0 Å². The minimum Gasteiger partial charge on any atom is -0.368 e. The number of aromatic nitrogens is 2. The molecule has 0 atom stereocenters. The lowest BCUT2D eigenvalue weighted by atomic mass is 10.00. The molecular weight excluding hydrogens is 212 g/mol. The molecule has 1 aliphatic rings. The highest BCUT2D eigenvalue weighted by Crippen LogP contribution is 2.22. The molecule has 0 fully saturated rings. The van der Waals surface area contributed by atoms with Gasteiger partial charge in [0.15, 0.2) is 0 Å². The predicted octanol–water partition coefficient (Wildman–Crippen LogP) is 1.62. The summed E-state index contributed by atoms with van der Waals surface area (Å²) in [6.45, 7) is 1.88. The molecule has 1 aromatic heterocycles. The van der Waals surface area contributed by atoms with Crippen LogP contribution in [0.2, 0.25) is 0 Å². The number of fused-ring (bicyclic) bond motifs is 1. The van der Waals surface area contributed by atoms with Gasteiger partial charge in [-0.15, -0.1) is 0 Å². The minimum atomic E-state index is 0.335. The molecule has 1 aromatic carbocycles. The second-order valence-electron chi connectivity index (χ2n) is 4.21. The highest BCUT2D eigenvalue weighted by atomic mass is 15.2. The van der Waals surface area contributed by atoms with Crippen molar-refractivity contribution in [2.24, 2.45) is 0 Å². The van der Waals surface area contributed by atoms with Crippen LogP contribution in [0.25, 0.3) is 0 Å². The second-order valence-corrected chi connectivity index (χ2v) is 4.21. The minimum absolute atomic E-state index is 0.335. The lowest BCUT2D eigenvalue weighted by Gasteiger charge is -2.29. The van der Waals surface area contributed by atoms with Gasteiger partial charge in [-0.2, -0.15) is 4.98 Å². The van der Waals surface area contributed by atoms with E-state index in [9.17, 15) is 0 Å². The molecule has 86 valence electrons. The number of nitrogens with two attached hydrogens (primary N) is 1. The third kappa shape index (κ3) is 1.93. The fourth-order valence-electron chi connectivity index (χ4n) is 2.23. The number of nitrogen functional groups attached to an aromatic ring is 1. The summed E-state index contributed by atoms with van der Waals surface area (Å²) in [7, 11) is 0. The monoisotopic (exact) mass is 226 g/mol. The maximum absolute atomic E-state index is 5.61. The van der Waals surface area contributed by atoms with Crippen LogP contribution in [0.15, 0.2) is 36.5 Å². The molecule has 17 heavy (non-hydrogen) atoms. The third-order valence-electron chi connectivity index (χ3n) is 3.11. The zero-order valence-corrected chi connectivity index (χ0v) is 9.50. The SMILES string of the molecule is Nc1nccc(N2CCc3ccccc3C2)n1. The van der Waals surface area contributed by atoms with Crippen molar-refractivity contribution >= 4 is 11.8 Å². The molecule has 0 saturated carbocycles. The zero-order chi connectivity index (χ0) is 11.7. The van der Waals surface area contributed by atoms with Gasteiger partial charge in [-0.1, -0.05) is 24.3 Å². The first-order valence-corrected chi connectivity index (χ1v) is 5.73. The summed E-state index contributed by atoms with van der Waals surface area (Å²) in [4.78, 5) is 10.4. The van der Waals surface area contributed by atoms with E-state index in [1.807, 2.05) is 6.07 Å². The standard InChI is InChI=1S/C13H14N4/c14-13-15-7-5-12(16-13)17-8-6-10-3-1-2-4-11(10)9-17/h1-5,7H,6,8-9H2,(H2,14,15,16). The van der Waals surface area contributed by atoms with Crippen molar-refractivity contribution in [3.05, 3.63) is 47.7 Å². The van der Waals surface area contributed by atoms with Gasteiger partial charge in [0.2, 0.25) is 5.95 Å². The molecule has 3 rings (SSSR count). The van der Waals surface area contributed by atoms with E-state index in [-0.39, 0.29) is 0 Å². The molecule has 0 unspecified atom stereocenters. The van der Waals surface area contributed by atoms with Crippen molar-refractivity contribution in [2.75, 3.05) is 17.2 Å². The van der Waals surface area contributed by atoms with Gasteiger partial charge in [-0.25, -0.2) is 4.98 Å². The molecule has 2 N–H and O–H groups in total. The van der Waals surface area contributed by atoms with Gasteiger partial charge < -0.3 is 10.6 Å². The van der Waals surface area contributed by atoms with Crippen LogP contribution in [0.3, 0.4) is 0 Å². The van der Waals surface area contributed by atoms with Crippen molar-refractivity contribution in [1.82, 2.24) is 9.97 Å². The van der Waals surface area contributed by atoms with E-state index in [1.54, 1.807) is 6.20 Å². The van der Waals surface area contributed by atoms with Crippen LogP contribution in [0, 0.1) is 0 Å². The summed E-state index contributed by atoms with van der Waals surface area (Å²) in [5, 5.41) is 0. The molecule has 1 aliphatic heterocycles. The number of hydrogen-bond acceptors (Lipinski definition) is 4. The fourth-order valence-corrected chi connectivity index (χ4v) is 2.23. The highest BCUT2D eigenvalue weighted by molar-refractivity contribution is 5.45. The van der Waals surface area contributed by atoms with Crippen molar-refractivity contribution in [1.29, 1.82) is 0 Å². The van der Waals surface area contributed by atoms with Gasteiger partial charge >= 0.3 is 0 Å². The van der Waals surface area contributed by atoms with Crippen molar-refractivity contribution in [3.8, 4) is 0 Å². The number of hydrogen-bond donors (Lipinski definition) is 1. The van der Waals surface area contributed by atoms with Crippen molar-refractivity contribution in [3.63, 3.8) is 0 Å². The van der Waals surface area contributed by atoms with Crippen LogP contribution in [0.1, 0.15) is 11.1 Å². The maximum atomic E-state index is 5.61. The maximum Gasteiger partial charge on any atom is 0.221 e. The molecule has 2 heterocycles. The first kappa shape index (κ1) is 10.1. The van der Waals surface area contributed by atoms with Crippen LogP contribution in [0.5, 0.6) is 0 Å². The van der Waals surface area contributed by atoms with Gasteiger partial charge in [-0.3, -0.25) is 0 Å². The smallest absolute Gasteiger partial charge is 0.221 e. The van der Waals surface area contributed by atoms with Crippen LogP contribution < -0.4 is 10.6 Å². The largest absolute Gasteiger partial charge is 0.368 e. The lowest BCUT2D eigenvalue weighted by Crippen LogP contribution is -2.31. The lowest BCUT2D eigenvalue weighted by molar-refractivity contribution is 0.720. The molecule has 0 spiro atoms. The summed E-state index contributed by atoms with van der Waals surface area (Å²) in [6.07, 6.45) is 2.76. The summed E-state index contributed by atoms with van der Waals surface area (Å²) < 4.78 is 0. The van der Waals surface area contributed by atoms with Gasteiger partial charge in [-0.05, 0) is 23.6 Å². The van der Waals surface area contributed by atoms with E-state index < -0.39 is 0 Å². The average Bonchev–Trinajstić information content (AvgIpc) is 2.38. The van der Waals surface area contributed by atoms with Gasteiger partial charge in [0.05, 0.1) is 0 Å².